The summed E-state index contributed by atoms with van der Waals surface area (Å²) < 4.78 is 75.3. The van der Waals surface area contributed by atoms with Gasteiger partial charge >= 0.3 is 6.18 Å². The first-order valence-electron chi connectivity index (χ1n) is 11.0. The van der Waals surface area contributed by atoms with Crippen molar-refractivity contribution >= 4 is 6.02 Å². The Morgan fingerprint density at radius 2 is 1.84 bits per heavy atom. The number of pyridine rings is 1. The Kier molecular flexibility index (Phi) is 7.11. The molecule has 0 atom stereocenters. The fourth-order valence-electron chi connectivity index (χ4n) is 3.80. The number of nitrogens with zero attached hydrogens (tertiary/aromatic N) is 4. The second kappa shape index (κ2) is 10.3. The fraction of sp³-hybridized carbons (Fsp3) is 0.192. The molecule has 37 heavy (non-hydrogen) atoms. The Labute approximate surface area is 208 Å². The number of aromatic nitrogens is 1. The highest BCUT2D eigenvalue weighted by Crippen LogP contribution is 2.34. The minimum atomic E-state index is -4.96. The molecule has 11 heteroatoms. The number of aryl methyl sites for hydroxylation is 1. The van der Waals surface area contributed by atoms with Gasteiger partial charge in [-0.3, -0.25) is 4.79 Å². The van der Waals surface area contributed by atoms with Crippen molar-refractivity contribution in [3.05, 3.63) is 99.5 Å². The second-order valence-electron chi connectivity index (χ2n) is 8.17. The van der Waals surface area contributed by atoms with Crippen LogP contribution < -0.4 is 10.3 Å². The number of ether oxygens (including phenoxy) is 1. The lowest BCUT2D eigenvalue weighted by Crippen LogP contribution is -2.32. The molecule has 6 nitrogen and oxygen atoms in total. The Bertz CT molecular complexity index is 1490. The molecule has 2 heterocycles. The second-order valence-corrected chi connectivity index (χ2v) is 8.17. The third-order valence-corrected chi connectivity index (χ3v) is 5.69. The van der Waals surface area contributed by atoms with E-state index in [0.717, 1.165) is 16.7 Å². The van der Waals surface area contributed by atoms with Gasteiger partial charge in [-0.05, 0) is 60.0 Å². The van der Waals surface area contributed by atoms with E-state index < -0.39 is 34.5 Å². The standard InChI is InChI=1S/C26H19F5N4O2/c1-34-11-2-10-33-25(34)37-19-7-4-17(5-8-19)23-14-21(26(29,30)31)20(15-32)24(36)35(23)12-9-16-3-6-18(27)13-22(16)28/h2-8,10,13-14H,9,11-12H2,1H3. The SMILES string of the molecule is CN1CC=CN=C1Oc1ccc(-c2cc(C(F)(F)F)c(C#N)c(=O)n2CCc2ccc(F)cc2F)cc1. The number of benzene rings is 2. The average molecular weight is 514 g/mol. The molecular formula is C26H19F5N4O2. The van der Waals surface area contributed by atoms with Gasteiger partial charge in [0.05, 0.1) is 11.3 Å². The van der Waals surface area contributed by atoms with E-state index in [-0.39, 0.29) is 29.8 Å². The summed E-state index contributed by atoms with van der Waals surface area (Å²) in [6.07, 6.45) is -1.67. The highest BCUT2D eigenvalue weighted by atomic mass is 19.4. The molecule has 0 aliphatic carbocycles. The van der Waals surface area contributed by atoms with Gasteiger partial charge in [0.15, 0.2) is 0 Å². The number of amidine groups is 1. The summed E-state index contributed by atoms with van der Waals surface area (Å²) in [6, 6.07) is 11.2. The van der Waals surface area contributed by atoms with Gasteiger partial charge in [0.1, 0.15) is 29.0 Å². The summed E-state index contributed by atoms with van der Waals surface area (Å²) in [5.74, 6) is -1.28. The van der Waals surface area contributed by atoms with Crippen LogP contribution in [-0.2, 0) is 19.1 Å². The van der Waals surface area contributed by atoms with E-state index in [0.29, 0.717) is 24.4 Å². The first kappa shape index (κ1) is 25.6. The normalized spacial score (nSPS) is 13.3. The van der Waals surface area contributed by atoms with E-state index in [1.807, 2.05) is 6.08 Å². The molecule has 1 aromatic heterocycles. The van der Waals surface area contributed by atoms with Gasteiger partial charge in [-0.2, -0.15) is 18.4 Å². The Hall–Kier alpha value is -4.46. The van der Waals surface area contributed by atoms with Crippen LogP contribution in [0.3, 0.4) is 0 Å². The van der Waals surface area contributed by atoms with Gasteiger partial charge in [0.25, 0.3) is 11.6 Å². The van der Waals surface area contributed by atoms with Crippen LogP contribution in [0.15, 0.2) is 70.6 Å². The monoisotopic (exact) mass is 514 g/mol. The van der Waals surface area contributed by atoms with E-state index >= 15 is 0 Å². The number of rotatable bonds is 5. The van der Waals surface area contributed by atoms with Crippen LogP contribution in [0.5, 0.6) is 5.75 Å². The molecule has 0 unspecified atom stereocenters. The molecule has 3 aromatic rings. The van der Waals surface area contributed by atoms with Gasteiger partial charge in [0.2, 0.25) is 0 Å². The minimum Gasteiger partial charge on any atom is -0.426 e. The maximum absolute atomic E-state index is 14.1. The zero-order valence-corrected chi connectivity index (χ0v) is 19.4. The molecule has 0 saturated carbocycles. The summed E-state index contributed by atoms with van der Waals surface area (Å²) >= 11 is 0. The largest absolute Gasteiger partial charge is 0.426 e. The number of aliphatic imine (C=N–C) groups is 1. The molecule has 4 rings (SSSR count). The number of likely N-dealkylation sites (N-methyl/N-ethyl adjacent to an activating group) is 1. The van der Waals surface area contributed by atoms with Crippen LogP contribution >= 0.6 is 0 Å². The van der Waals surface area contributed by atoms with Gasteiger partial charge < -0.3 is 14.2 Å². The quantitative estimate of drug-likeness (QED) is 0.443. The highest BCUT2D eigenvalue weighted by molar-refractivity contribution is 5.78. The van der Waals surface area contributed by atoms with Crippen molar-refractivity contribution in [2.24, 2.45) is 4.99 Å². The predicted octanol–water partition coefficient (Wildman–Crippen LogP) is 5.12. The Balaban J connectivity index is 1.75. The van der Waals surface area contributed by atoms with Crippen LogP contribution in [-0.4, -0.2) is 29.1 Å². The summed E-state index contributed by atoms with van der Waals surface area (Å²) in [4.78, 5) is 18.9. The summed E-state index contributed by atoms with van der Waals surface area (Å²) in [6.45, 7) is 0.332. The van der Waals surface area contributed by atoms with Crippen LogP contribution in [0.1, 0.15) is 16.7 Å². The van der Waals surface area contributed by atoms with Crippen LogP contribution in [0.4, 0.5) is 22.0 Å². The van der Waals surface area contributed by atoms with Crippen molar-refractivity contribution in [3.63, 3.8) is 0 Å². The van der Waals surface area contributed by atoms with E-state index in [2.05, 4.69) is 4.99 Å². The zero-order valence-electron chi connectivity index (χ0n) is 19.4. The molecule has 1 aliphatic heterocycles. The highest BCUT2D eigenvalue weighted by Gasteiger charge is 2.36. The fourth-order valence-corrected chi connectivity index (χ4v) is 3.80. The van der Waals surface area contributed by atoms with Crippen molar-refractivity contribution in [2.45, 2.75) is 19.1 Å². The van der Waals surface area contributed by atoms with Crippen molar-refractivity contribution < 1.29 is 26.7 Å². The number of halogens is 5. The minimum absolute atomic E-state index is 0.0628. The first-order chi connectivity index (χ1) is 17.6. The number of hydrogen-bond donors (Lipinski definition) is 0. The number of hydrogen-bond acceptors (Lipinski definition) is 5. The third-order valence-electron chi connectivity index (χ3n) is 5.69. The number of alkyl halides is 3. The number of nitriles is 1. The summed E-state index contributed by atoms with van der Waals surface area (Å²) in [7, 11) is 1.77. The van der Waals surface area contributed by atoms with Crippen LogP contribution in [0.25, 0.3) is 11.3 Å². The van der Waals surface area contributed by atoms with Gasteiger partial charge in [0, 0.05) is 32.4 Å². The van der Waals surface area contributed by atoms with Crippen molar-refractivity contribution in [1.82, 2.24) is 9.47 Å². The molecule has 0 N–H and O–H groups in total. The lowest BCUT2D eigenvalue weighted by molar-refractivity contribution is -0.137. The smallest absolute Gasteiger partial charge is 0.417 e. The molecule has 0 spiro atoms. The van der Waals surface area contributed by atoms with E-state index in [4.69, 9.17) is 4.74 Å². The molecule has 2 aromatic carbocycles. The van der Waals surface area contributed by atoms with E-state index in [1.54, 1.807) is 18.1 Å². The van der Waals surface area contributed by atoms with Gasteiger partial charge in [-0.15, -0.1) is 0 Å². The lowest BCUT2D eigenvalue weighted by atomic mass is 10.0. The molecule has 0 radical (unpaired) electrons. The molecule has 0 fully saturated rings. The topological polar surface area (TPSA) is 70.6 Å². The third kappa shape index (κ3) is 5.53. The molecular weight excluding hydrogens is 495 g/mol. The van der Waals surface area contributed by atoms with Crippen molar-refractivity contribution in [2.75, 3.05) is 13.6 Å². The van der Waals surface area contributed by atoms with Gasteiger partial charge in [-0.25, -0.2) is 13.8 Å². The molecule has 0 saturated heterocycles. The van der Waals surface area contributed by atoms with Crippen molar-refractivity contribution in [1.29, 1.82) is 5.26 Å². The Morgan fingerprint density at radius 3 is 2.46 bits per heavy atom. The summed E-state index contributed by atoms with van der Waals surface area (Å²) in [5.41, 5.74) is -3.43. The van der Waals surface area contributed by atoms with E-state index in [9.17, 15) is 32.0 Å². The molecule has 190 valence electrons. The van der Waals surface area contributed by atoms with Crippen LogP contribution in [0, 0.1) is 23.0 Å². The maximum Gasteiger partial charge on any atom is 0.417 e. The van der Waals surface area contributed by atoms with E-state index in [1.165, 1.54) is 36.4 Å². The lowest BCUT2D eigenvalue weighted by Gasteiger charge is -2.21. The Morgan fingerprint density at radius 1 is 1.11 bits per heavy atom. The van der Waals surface area contributed by atoms with Crippen molar-refractivity contribution in [3.8, 4) is 23.1 Å². The molecule has 0 bridgehead atoms. The van der Waals surface area contributed by atoms with Gasteiger partial charge in [-0.1, -0.05) is 6.07 Å². The van der Waals surface area contributed by atoms with Crippen LogP contribution in [0.2, 0.25) is 0 Å². The average Bonchev–Trinajstić information content (AvgIpc) is 2.85. The molecule has 1 aliphatic rings. The maximum atomic E-state index is 14.1. The molecule has 0 amide bonds. The summed E-state index contributed by atoms with van der Waals surface area (Å²) in [5, 5.41) is 9.32. The zero-order chi connectivity index (χ0) is 26.7. The first-order valence-corrected chi connectivity index (χ1v) is 11.0. The predicted molar refractivity (Wildman–Crippen MR) is 126 cm³/mol.